The van der Waals surface area contributed by atoms with E-state index in [-0.39, 0.29) is 25.3 Å². The van der Waals surface area contributed by atoms with Crippen LogP contribution in [0.4, 0.5) is 13.2 Å². The second kappa shape index (κ2) is 9.64. The van der Waals surface area contributed by atoms with Crippen LogP contribution >= 0.6 is 11.3 Å². The standard InChI is InChI=1S/C25H19F3N2O3S/c26-25(27,28)19-7-4-17(5-8-19)18-6-9-21-20(12-18)30-23(34-21)13-22(31)29-14-16-3-1-2-15(10-16)11-24(32)33/h1-10,12H,11,13-14H2,(H,29,31)(H,32,33). The van der Waals surface area contributed by atoms with E-state index in [0.29, 0.717) is 21.7 Å². The number of aromatic nitrogens is 1. The first kappa shape index (κ1) is 23.4. The fourth-order valence-electron chi connectivity index (χ4n) is 3.51. The van der Waals surface area contributed by atoms with Crippen molar-refractivity contribution in [2.24, 2.45) is 0 Å². The van der Waals surface area contributed by atoms with Gasteiger partial charge >= 0.3 is 12.1 Å². The molecule has 0 unspecified atom stereocenters. The van der Waals surface area contributed by atoms with Gasteiger partial charge in [-0.1, -0.05) is 42.5 Å². The minimum Gasteiger partial charge on any atom is -0.481 e. The summed E-state index contributed by atoms with van der Waals surface area (Å²) in [7, 11) is 0. The van der Waals surface area contributed by atoms with Crippen molar-refractivity contribution < 1.29 is 27.9 Å². The minimum absolute atomic E-state index is 0.0814. The summed E-state index contributed by atoms with van der Waals surface area (Å²) in [5, 5.41) is 12.3. The molecule has 0 saturated heterocycles. The van der Waals surface area contributed by atoms with Gasteiger partial charge in [-0.15, -0.1) is 11.3 Å². The monoisotopic (exact) mass is 484 g/mol. The molecule has 4 aromatic rings. The van der Waals surface area contributed by atoms with Gasteiger partial charge in [0.15, 0.2) is 0 Å². The van der Waals surface area contributed by atoms with Crippen molar-refractivity contribution >= 4 is 33.4 Å². The maximum absolute atomic E-state index is 12.8. The molecular weight excluding hydrogens is 465 g/mol. The average molecular weight is 484 g/mol. The van der Waals surface area contributed by atoms with E-state index in [1.54, 1.807) is 24.3 Å². The van der Waals surface area contributed by atoms with Crippen molar-refractivity contribution in [3.05, 3.63) is 88.4 Å². The van der Waals surface area contributed by atoms with Crippen molar-refractivity contribution in [1.29, 1.82) is 0 Å². The van der Waals surface area contributed by atoms with Crippen molar-refractivity contribution in [3.63, 3.8) is 0 Å². The fourth-order valence-corrected chi connectivity index (χ4v) is 4.45. The molecule has 0 bridgehead atoms. The number of amides is 1. The number of fused-ring (bicyclic) bond motifs is 1. The molecule has 0 aliphatic carbocycles. The molecule has 0 aliphatic rings. The Hall–Kier alpha value is -3.72. The van der Waals surface area contributed by atoms with Crippen molar-refractivity contribution in [1.82, 2.24) is 10.3 Å². The Morgan fingerprint density at radius 3 is 2.32 bits per heavy atom. The molecule has 0 aliphatic heterocycles. The van der Waals surface area contributed by atoms with Crippen LogP contribution in [0.2, 0.25) is 0 Å². The maximum Gasteiger partial charge on any atom is 0.416 e. The highest BCUT2D eigenvalue weighted by atomic mass is 32.1. The molecule has 0 fully saturated rings. The average Bonchev–Trinajstić information content (AvgIpc) is 3.18. The Morgan fingerprint density at radius 2 is 1.62 bits per heavy atom. The molecular formula is C25H19F3N2O3S. The van der Waals surface area contributed by atoms with E-state index in [1.165, 1.54) is 23.5 Å². The van der Waals surface area contributed by atoms with Crippen LogP contribution in [0.3, 0.4) is 0 Å². The number of rotatable bonds is 7. The van der Waals surface area contributed by atoms with E-state index in [1.807, 2.05) is 18.2 Å². The number of carboxylic acids is 1. The van der Waals surface area contributed by atoms with E-state index in [4.69, 9.17) is 5.11 Å². The number of aliphatic carboxylic acids is 1. The lowest BCUT2D eigenvalue weighted by Crippen LogP contribution is -2.24. The summed E-state index contributed by atoms with van der Waals surface area (Å²) in [5.74, 6) is -1.14. The van der Waals surface area contributed by atoms with Gasteiger partial charge in [0.05, 0.1) is 28.6 Å². The first-order valence-corrected chi connectivity index (χ1v) is 11.1. The van der Waals surface area contributed by atoms with Crippen LogP contribution in [0, 0.1) is 0 Å². The van der Waals surface area contributed by atoms with Gasteiger partial charge in [0.1, 0.15) is 5.01 Å². The van der Waals surface area contributed by atoms with E-state index >= 15 is 0 Å². The highest BCUT2D eigenvalue weighted by Gasteiger charge is 2.30. The molecule has 3 aromatic carbocycles. The third-order valence-electron chi connectivity index (χ3n) is 5.13. The van der Waals surface area contributed by atoms with Crippen LogP contribution in [0.5, 0.6) is 0 Å². The zero-order valence-electron chi connectivity index (χ0n) is 17.7. The molecule has 0 radical (unpaired) electrons. The minimum atomic E-state index is -4.38. The number of alkyl halides is 3. The molecule has 174 valence electrons. The number of carboxylic acid groups (broad SMARTS) is 1. The number of hydrogen-bond acceptors (Lipinski definition) is 4. The number of halogens is 3. The summed E-state index contributed by atoms with van der Waals surface area (Å²) in [4.78, 5) is 27.8. The number of nitrogens with zero attached hydrogens (tertiary/aromatic N) is 1. The molecule has 4 rings (SSSR count). The van der Waals surface area contributed by atoms with E-state index < -0.39 is 17.7 Å². The SMILES string of the molecule is O=C(O)Cc1cccc(CNC(=O)Cc2nc3cc(-c4ccc(C(F)(F)F)cc4)ccc3s2)c1. The maximum atomic E-state index is 12.8. The predicted molar refractivity (Wildman–Crippen MR) is 123 cm³/mol. The summed E-state index contributed by atoms with van der Waals surface area (Å²) in [5.41, 5.74) is 2.82. The first-order chi connectivity index (χ1) is 16.2. The van der Waals surface area contributed by atoms with Crippen LogP contribution in [-0.4, -0.2) is 22.0 Å². The van der Waals surface area contributed by atoms with Crippen LogP contribution in [0.25, 0.3) is 21.3 Å². The van der Waals surface area contributed by atoms with Gasteiger partial charge < -0.3 is 10.4 Å². The summed E-state index contributed by atoms with van der Waals surface area (Å²) in [6, 6.07) is 17.4. The number of benzene rings is 3. The first-order valence-electron chi connectivity index (χ1n) is 10.3. The van der Waals surface area contributed by atoms with Crippen LogP contribution in [0.15, 0.2) is 66.7 Å². The Bertz CT molecular complexity index is 1350. The normalized spacial score (nSPS) is 11.5. The zero-order valence-corrected chi connectivity index (χ0v) is 18.5. The molecule has 9 heteroatoms. The van der Waals surface area contributed by atoms with Gasteiger partial charge in [0, 0.05) is 6.54 Å². The lowest BCUT2D eigenvalue weighted by Gasteiger charge is -2.07. The van der Waals surface area contributed by atoms with Gasteiger partial charge in [-0.25, -0.2) is 4.98 Å². The van der Waals surface area contributed by atoms with Crippen molar-refractivity contribution in [3.8, 4) is 11.1 Å². The summed E-state index contributed by atoms with van der Waals surface area (Å²) in [6.07, 6.45) is -4.38. The van der Waals surface area contributed by atoms with Gasteiger partial charge in [0.25, 0.3) is 0 Å². The quantitative estimate of drug-likeness (QED) is 0.365. The summed E-state index contributed by atoms with van der Waals surface area (Å²) < 4.78 is 39.2. The van der Waals surface area contributed by atoms with Crippen LogP contribution in [0.1, 0.15) is 21.7 Å². The lowest BCUT2D eigenvalue weighted by molar-refractivity contribution is -0.138. The van der Waals surface area contributed by atoms with E-state index in [9.17, 15) is 22.8 Å². The third-order valence-corrected chi connectivity index (χ3v) is 6.16. The highest BCUT2D eigenvalue weighted by Crippen LogP contribution is 2.32. The fraction of sp³-hybridized carbons (Fsp3) is 0.160. The highest BCUT2D eigenvalue weighted by molar-refractivity contribution is 7.18. The molecule has 1 aromatic heterocycles. The number of thiazole rings is 1. The third kappa shape index (κ3) is 5.79. The largest absolute Gasteiger partial charge is 0.481 e. The number of carbonyl (C=O) groups excluding carboxylic acids is 1. The summed E-state index contributed by atoms with van der Waals surface area (Å²) >= 11 is 1.38. The number of nitrogens with one attached hydrogen (secondary N) is 1. The van der Waals surface area contributed by atoms with Gasteiger partial charge in [-0.05, 0) is 46.5 Å². The lowest BCUT2D eigenvalue weighted by atomic mass is 10.0. The van der Waals surface area contributed by atoms with E-state index in [0.717, 1.165) is 28.0 Å². The number of carbonyl (C=O) groups is 2. The molecule has 34 heavy (non-hydrogen) atoms. The molecule has 0 atom stereocenters. The van der Waals surface area contributed by atoms with Crippen LogP contribution < -0.4 is 5.32 Å². The Labute approximate surface area is 196 Å². The van der Waals surface area contributed by atoms with Crippen molar-refractivity contribution in [2.45, 2.75) is 25.6 Å². The molecule has 0 spiro atoms. The molecule has 0 saturated carbocycles. The zero-order chi connectivity index (χ0) is 24.3. The Kier molecular flexibility index (Phi) is 6.65. The topological polar surface area (TPSA) is 79.3 Å². The van der Waals surface area contributed by atoms with Gasteiger partial charge in [-0.2, -0.15) is 13.2 Å². The molecule has 1 amide bonds. The second-order valence-electron chi connectivity index (χ2n) is 7.71. The molecule has 5 nitrogen and oxygen atoms in total. The molecule has 2 N–H and O–H groups in total. The molecule has 1 heterocycles. The Morgan fingerprint density at radius 1 is 0.912 bits per heavy atom. The smallest absolute Gasteiger partial charge is 0.416 e. The van der Waals surface area contributed by atoms with E-state index in [2.05, 4.69) is 10.3 Å². The van der Waals surface area contributed by atoms with Gasteiger partial charge in [-0.3, -0.25) is 9.59 Å². The second-order valence-corrected chi connectivity index (χ2v) is 8.82. The predicted octanol–water partition coefficient (Wildman–Crippen LogP) is 5.47. The van der Waals surface area contributed by atoms with Crippen LogP contribution in [-0.2, 0) is 35.2 Å². The summed E-state index contributed by atoms with van der Waals surface area (Å²) in [6.45, 7) is 0.273. The van der Waals surface area contributed by atoms with Crippen molar-refractivity contribution in [2.75, 3.05) is 0 Å². The number of hydrogen-bond donors (Lipinski definition) is 2. The Balaban J connectivity index is 1.41. The van der Waals surface area contributed by atoms with Gasteiger partial charge in [0.2, 0.25) is 5.91 Å².